The second-order valence-corrected chi connectivity index (χ2v) is 4.23. The molecule has 2 N–H and O–H groups in total. The normalized spacial score (nSPS) is 18.5. The average Bonchev–Trinajstić information content (AvgIpc) is 2.41. The number of piperazine rings is 1. The number of carboxylic acids is 1. The van der Waals surface area contributed by atoms with E-state index < -0.39 is 16.9 Å². The summed E-state index contributed by atoms with van der Waals surface area (Å²) in [6, 6.07) is 1.84. The molecule has 1 fully saturated rings. The van der Waals surface area contributed by atoms with Crippen molar-refractivity contribution >= 4 is 23.4 Å². The highest BCUT2D eigenvalue weighted by molar-refractivity contribution is 5.90. The highest BCUT2D eigenvalue weighted by Gasteiger charge is 2.32. The van der Waals surface area contributed by atoms with Crippen LogP contribution in [0.1, 0.15) is 6.42 Å². The van der Waals surface area contributed by atoms with Crippen molar-refractivity contribution in [2.45, 2.75) is 12.5 Å². The van der Waals surface area contributed by atoms with E-state index in [4.69, 9.17) is 5.11 Å². The van der Waals surface area contributed by atoms with Gasteiger partial charge in [-0.15, -0.1) is 0 Å². The highest BCUT2D eigenvalue weighted by atomic mass is 16.6. The summed E-state index contributed by atoms with van der Waals surface area (Å²) < 4.78 is 0. The van der Waals surface area contributed by atoms with Crippen LogP contribution in [0.4, 0.5) is 11.5 Å². The number of nitro groups is 1. The molecule has 1 aromatic heterocycles. The third-order valence-electron chi connectivity index (χ3n) is 2.95. The van der Waals surface area contributed by atoms with E-state index in [2.05, 4.69) is 10.3 Å². The lowest BCUT2D eigenvalue weighted by molar-refractivity contribution is -0.389. The van der Waals surface area contributed by atoms with Crippen LogP contribution in [-0.2, 0) is 9.59 Å². The number of hydrogen-bond donors (Lipinski definition) is 2. The lowest BCUT2D eigenvalue weighted by Gasteiger charge is -2.35. The molecule has 1 aliphatic heterocycles. The minimum atomic E-state index is -1.09. The summed E-state index contributed by atoms with van der Waals surface area (Å²) in [5.41, 5.74) is 0.483. The van der Waals surface area contributed by atoms with Gasteiger partial charge in [0, 0.05) is 19.2 Å². The van der Waals surface area contributed by atoms with Crippen molar-refractivity contribution < 1.29 is 19.6 Å². The predicted octanol–water partition coefficient (Wildman–Crippen LogP) is -0.231. The molecule has 9 heteroatoms. The Morgan fingerprint density at radius 2 is 2.35 bits per heavy atom. The van der Waals surface area contributed by atoms with Gasteiger partial charge in [0.15, 0.2) is 6.20 Å². The summed E-state index contributed by atoms with van der Waals surface area (Å²) in [6.45, 7) is 0.801. The third kappa shape index (κ3) is 2.82. The summed E-state index contributed by atoms with van der Waals surface area (Å²) in [7, 11) is 0. The van der Waals surface area contributed by atoms with Crippen molar-refractivity contribution in [2.24, 2.45) is 0 Å². The number of aromatic nitrogens is 1. The summed E-state index contributed by atoms with van der Waals surface area (Å²) in [6.07, 6.45) is 0.925. The monoisotopic (exact) mass is 280 g/mol. The van der Waals surface area contributed by atoms with E-state index in [1.807, 2.05) is 0 Å². The van der Waals surface area contributed by atoms with Gasteiger partial charge in [-0.1, -0.05) is 0 Å². The fraction of sp³-hybridized carbons (Fsp3) is 0.364. The van der Waals surface area contributed by atoms with E-state index in [1.54, 1.807) is 4.90 Å². The minimum absolute atomic E-state index is 0.301. The summed E-state index contributed by atoms with van der Waals surface area (Å²) >= 11 is 0. The van der Waals surface area contributed by atoms with Crippen molar-refractivity contribution in [3.8, 4) is 0 Å². The minimum Gasteiger partial charge on any atom is -0.481 e. The van der Waals surface area contributed by atoms with E-state index in [9.17, 15) is 19.7 Å². The van der Waals surface area contributed by atoms with Gasteiger partial charge in [0.2, 0.25) is 5.91 Å². The molecule has 1 atom stereocenters. The average molecular weight is 280 g/mol. The van der Waals surface area contributed by atoms with E-state index in [-0.39, 0.29) is 18.1 Å². The Kier molecular flexibility index (Phi) is 3.78. The predicted molar refractivity (Wildman–Crippen MR) is 67.3 cm³/mol. The molecule has 0 radical (unpaired) electrons. The van der Waals surface area contributed by atoms with Crippen LogP contribution in [0, 0.1) is 10.1 Å². The SMILES string of the molecule is O=C(O)CC1C(=O)NCCN1c1ccc([N+](=O)[O-])nc1. The van der Waals surface area contributed by atoms with E-state index in [1.165, 1.54) is 18.3 Å². The fourth-order valence-corrected chi connectivity index (χ4v) is 2.05. The van der Waals surface area contributed by atoms with Crippen LogP contribution in [0.15, 0.2) is 18.3 Å². The Morgan fingerprint density at radius 3 is 2.90 bits per heavy atom. The number of rotatable bonds is 4. The maximum absolute atomic E-state index is 11.7. The van der Waals surface area contributed by atoms with Crippen molar-refractivity contribution in [2.75, 3.05) is 18.0 Å². The Balaban J connectivity index is 2.25. The first-order valence-electron chi connectivity index (χ1n) is 5.85. The van der Waals surface area contributed by atoms with Crippen molar-refractivity contribution in [3.63, 3.8) is 0 Å². The van der Waals surface area contributed by atoms with Gasteiger partial charge in [-0.05, 0) is 16.0 Å². The second kappa shape index (κ2) is 5.51. The molecular weight excluding hydrogens is 268 g/mol. The number of nitrogens with zero attached hydrogens (tertiary/aromatic N) is 3. The molecule has 0 bridgehead atoms. The van der Waals surface area contributed by atoms with Gasteiger partial charge in [0.25, 0.3) is 0 Å². The zero-order valence-electron chi connectivity index (χ0n) is 10.4. The molecule has 2 heterocycles. The smallest absolute Gasteiger partial charge is 0.363 e. The van der Waals surface area contributed by atoms with Crippen LogP contribution in [-0.4, -0.2) is 46.0 Å². The lowest BCUT2D eigenvalue weighted by Crippen LogP contribution is -2.56. The molecule has 106 valence electrons. The number of pyridine rings is 1. The number of amides is 1. The molecule has 1 saturated heterocycles. The molecule has 1 unspecified atom stereocenters. The molecule has 0 saturated carbocycles. The van der Waals surface area contributed by atoms with Crippen molar-refractivity contribution in [1.82, 2.24) is 10.3 Å². The number of aliphatic carboxylic acids is 1. The van der Waals surface area contributed by atoms with Crippen LogP contribution in [0.2, 0.25) is 0 Å². The molecule has 1 amide bonds. The first-order valence-corrected chi connectivity index (χ1v) is 5.85. The van der Waals surface area contributed by atoms with Gasteiger partial charge < -0.3 is 25.4 Å². The number of hydrogen-bond acceptors (Lipinski definition) is 6. The number of carboxylic acid groups (broad SMARTS) is 1. The number of carbonyl (C=O) groups is 2. The molecule has 9 nitrogen and oxygen atoms in total. The van der Waals surface area contributed by atoms with E-state index in [0.717, 1.165) is 0 Å². The summed E-state index contributed by atoms with van der Waals surface area (Å²) in [4.78, 5) is 37.7. The van der Waals surface area contributed by atoms with Crippen molar-refractivity contribution in [3.05, 3.63) is 28.4 Å². The molecule has 20 heavy (non-hydrogen) atoms. The molecule has 0 spiro atoms. The van der Waals surface area contributed by atoms with Crippen LogP contribution in [0.25, 0.3) is 0 Å². The maximum Gasteiger partial charge on any atom is 0.363 e. The Hall–Kier alpha value is -2.71. The number of anilines is 1. The molecule has 0 aromatic carbocycles. The molecule has 1 aromatic rings. The van der Waals surface area contributed by atoms with Gasteiger partial charge in [0.05, 0.1) is 12.1 Å². The van der Waals surface area contributed by atoms with Gasteiger partial charge in [0.1, 0.15) is 6.04 Å². The second-order valence-electron chi connectivity index (χ2n) is 4.23. The Morgan fingerprint density at radius 1 is 1.60 bits per heavy atom. The van der Waals surface area contributed by atoms with Crippen LogP contribution < -0.4 is 10.2 Å². The first kappa shape index (κ1) is 13.7. The zero-order valence-corrected chi connectivity index (χ0v) is 10.4. The zero-order chi connectivity index (χ0) is 14.7. The summed E-state index contributed by atoms with van der Waals surface area (Å²) in [5, 5.41) is 22.0. The molecular formula is C11H12N4O5. The molecule has 2 rings (SSSR count). The van der Waals surface area contributed by atoms with Gasteiger partial charge in [-0.25, -0.2) is 0 Å². The third-order valence-corrected chi connectivity index (χ3v) is 2.95. The largest absolute Gasteiger partial charge is 0.481 e. The lowest BCUT2D eigenvalue weighted by atomic mass is 10.1. The topological polar surface area (TPSA) is 126 Å². The van der Waals surface area contributed by atoms with Gasteiger partial charge in [-0.2, -0.15) is 0 Å². The van der Waals surface area contributed by atoms with Crippen LogP contribution in [0.5, 0.6) is 0 Å². The van der Waals surface area contributed by atoms with Crippen LogP contribution in [0.3, 0.4) is 0 Å². The summed E-state index contributed by atoms with van der Waals surface area (Å²) in [5.74, 6) is -1.77. The van der Waals surface area contributed by atoms with E-state index in [0.29, 0.717) is 18.8 Å². The highest BCUT2D eigenvalue weighted by Crippen LogP contribution is 2.21. The van der Waals surface area contributed by atoms with Crippen molar-refractivity contribution in [1.29, 1.82) is 0 Å². The van der Waals surface area contributed by atoms with Gasteiger partial charge in [-0.3, -0.25) is 9.59 Å². The Bertz CT molecular complexity index is 544. The number of carbonyl (C=O) groups excluding carboxylic acids is 1. The standard InChI is InChI=1S/C11H12N4O5/c16-10(17)5-8-11(18)12-3-4-14(8)7-1-2-9(13-6-7)15(19)20/h1-2,6,8H,3-5H2,(H,12,18)(H,16,17). The van der Waals surface area contributed by atoms with E-state index >= 15 is 0 Å². The fourth-order valence-electron chi connectivity index (χ4n) is 2.05. The van der Waals surface area contributed by atoms with Gasteiger partial charge >= 0.3 is 11.8 Å². The van der Waals surface area contributed by atoms with Crippen LogP contribution >= 0.6 is 0 Å². The molecule has 0 aliphatic carbocycles. The first-order chi connectivity index (χ1) is 9.49. The number of nitrogens with one attached hydrogen (secondary N) is 1. The Labute approximate surface area is 113 Å². The molecule has 1 aliphatic rings. The quantitative estimate of drug-likeness (QED) is 0.576. The maximum atomic E-state index is 11.7.